The lowest BCUT2D eigenvalue weighted by molar-refractivity contribution is -0.120. The van der Waals surface area contributed by atoms with Gasteiger partial charge in [-0.2, -0.15) is 0 Å². The Morgan fingerprint density at radius 1 is 1.22 bits per heavy atom. The maximum absolute atomic E-state index is 12.0. The molecule has 5 heteroatoms. The zero-order valence-electron chi connectivity index (χ0n) is 13.0. The van der Waals surface area contributed by atoms with Gasteiger partial charge in [0.25, 0.3) is 0 Å². The van der Waals surface area contributed by atoms with Gasteiger partial charge < -0.3 is 10.6 Å². The van der Waals surface area contributed by atoms with Crippen LogP contribution in [0.15, 0.2) is 53.0 Å². The molecule has 0 saturated carbocycles. The van der Waals surface area contributed by atoms with Crippen LogP contribution in [-0.4, -0.2) is 12.5 Å². The first-order valence-corrected chi connectivity index (χ1v) is 8.75. The van der Waals surface area contributed by atoms with Gasteiger partial charge in [0.15, 0.2) is 0 Å². The number of amides is 1. The molecule has 0 heterocycles. The second-order valence-corrected chi connectivity index (χ2v) is 6.65. The molecule has 2 aromatic rings. The van der Waals surface area contributed by atoms with Crippen molar-refractivity contribution < 1.29 is 4.79 Å². The second-order valence-electron chi connectivity index (χ2n) is 5.30. The monoisotopic (exact) mass is 394 g/mol. The van der Waals surface area contributed by atoms with E-state index >= 15 is 0 Å². The van der Waals surface area contributed by atoms with E-state index in [9.17, 15) is 4.79 Å². The minimum atomic E-state index is -0.0273. The van der Waals surface area contributed by atoms with Crippen LogP contribution in [0.3, 0.4) is 0 Å². The van der Waals surface area contributed by atoms with Gasteiger partial charge in [-0.3, -0.25) is 4.79 Å². The molecule has 2 aromatic carbocycles. The van der Waals surface area contributed by atoms with Crippen molar-refractivity contribution in [1.29, 1.82) is 0 Å². The van der Waals surface area contributed by atoms with Gasteiger partial charge in [0.2, 0.25) is 5.91 Å². The number of halogens is 2. The van der Waals surface area contributed by atoms with Gasteiger partial charge in [0.05, 0.1) is 6.54 Å². The number of benzene rings is 2. The van der Waals surface area contributed by atoms with Gasteiger partial charge in [-0.1, -0.05) is 58.7 Å². The summed E-state index contributed by atoms with van der Waals surface area (Å²) in [6.07, 6.45) is 0.920. The van der Waals surface area contributed by atoms with Crippen molar-refractivity contribution in [3.63, 3.8) is 0 Å². The van der Waals surface area contributed by atoms with Gasteiger partial charge >= 0.3 is 0 Å². The predicted molar refractivity (Wildman–Crippen MR) is 98.5 cm³/mol. The summed E-state index contributed by atoms with van der Waals surface area (Å²) in [5.74, 6) is -0.0273. The molecule has 1 amide bonds. The van der Waals surface area contributed by atoms with Gasteiger partial charge in [0.1, 0.15) is 0 Å². The normalized spacial score (nSPS) is 12.0. The van der Waals surface area contributed by atoms with Crippen LogP contribution in [-0.2, 0) is 11.3 Å². The Hall–Kier alpha value is -1.36. The van der Waals surface area contributed by atoms with Crippen LogP contribution in [0.1, 0.15) is 30.5 Å². The molecule has 0 bridgehead atoms. The standard InChI is InChI=1S/C18H20BrClN2O/c1-2-17(14-6-8-15(19)9-7-14)21-12-18(23)22-11-13-4-3-5-16(20)10-13/h3-10,17,21H,2,11-12H2,1H3,(H,22,23)/t17-/m1/s1. The molecule has 0 aliphatic rings. The summed E-state index contributed by atoms with van der Waals surface area (Å²) in [4.78, 5) is 12.0. The lowest BCUT2D eigenvalue weighted by Crippen LogP contribution is -2.35. The van der Waals surface area contributed by atoms with Crippen molar-refractivity contribution in [2.75, 3.05) is 6.54 Å². The van der Waals surface area contributed by atoms with Gasteiger partial charge in [-0.15, -0.1) is 0 Å². The third-order valence-corrected chi connectivity index (χ3v) is 4.33. The summed E-state index contributed by atoms with van der Waals surface area (Å²) >= 11 is 9.36. The van der Waals surface area contributed by atoms with E-state index in [-0.39, 0.29) is 18.5 Å². The average Bonchev–Trinajstić information content (AvgIpc) is 2.55. The van der Waals surface area contributed by atoms with E-state index in [1.807, 2.05) is 36.4 Å². The molecule has 0 spiro atoms. The average molecular weight is 396 g/mol. The Kier molecular flexibility index (Phi) is 7.09. The third kappa shape index (κ3) is 5.98. The summed E-state index contributed by atoms with van der Waals surface area (Å²) in [6, 6.07) is 15.8. The molecule has 3 nitrogen and oxygen atoms in total. The molecule has 0 radical (unpaired) electrons. The Labute approximate surface area is 150 Å². The zero-order valence-corrected chi connectivity index (χ0v) is 15.3. The number of rotatable bonds is 7. The first-order valence-electron chi connectivity index (χ1n) is 7.58. The van der Waals surface area contributed by atoms with Crippen LogP contribution >= 0.6 is 27.5 Å². The first-order chi connectivity index (χ1) is 11.1. The molecule has 0 aliphatic carbocycles. The van der Waals surface area contributed by atoms with Crippen LogP contribution in [0, 0.1) is 0 Å². The molecule has 23 heavy (non-hydrogen) atoms. The van der Waals surface area contributed by atoms with Gasteiger partial charge in [-0.05, 0) is 41.8 Å². The molecule has 2 rings (SSSR count). The number of hydrogen-bond donors (Lipinski definition) is 2. The van der Waals surface area contributed by atoms with E-state index in [1.165, 1.54) is 5.56 Å². The molecular weight excluding hydrogens is 376 g/mol. The van der Waals surface area contributed by atoms with E-state index in [0.717, 1.165) is 16.5 Å². The summed E-state index contributed by atoms with van der Waals surface area (Å²) < 4.78 is 1.05. The van der Waals surface area contributed by atoms with Crippen molar-refractivity contribution in [2.24, 2.45) is 0 Å². The molecule has 0 saturated heterocycles. The molecule has 0 unspecified atom stereocenters. The van der Waals surface area contributed by atoms with E-state index < -0.39 is 0 Å². The van der Waals surface area contributed by atoms with Crippen LogP contribution in [0.4, 0.5) is 0 Å². The molecule has 1 atom stereocenters. The van der Waals surface area contributed by atoms with Crippen LogP contribution < -0.4 is 10.6 Å². The SMILES string of the molecule is CC[C@@H](NCC(=O)NCc1cccc(Cl)c1)c1ccc(Br)cc1. The maximum atomic E-state index is 12.0. The highest BCUT2D eigenvalue weighted by Crippen LogP contribution is 2.19. The highest BCUT2D eigenvalue weighted by molar-refractivity contribution is 9.10. The van der Waals surface area contributed by atoms with Crippen molar-refractivity contribution in [3.05, 3.63) is 69.2 Å². The number of hydrogen-bond acceptors (Lipinski definition) is 2. The summed E-state index contributed by atoms with van der Waals surface area (Å²) in [5, 5.41) is 6.87. The molecule has 0 aliphatic heterocycles. The molecule has 2 N–H and O–H groups in total. The van der Waals surface area contributed by atoms with E-state index in [4.69, 9.17) is 11.6 Å². The number of carbonyl (C=O) groups is 1. The van der Waals surface area contributed by atoms with Crippen LogP contribution in [0.5, 0.6) is 0 Å². The van der Waals surface area contributed by atoms with E-state index in [1.54, 1.807) is 0 Å². The second kappa shape index (κ2) is 9.06. The molecule has 0 fully saturated rings. The fourth-order valence-electron chi connectivity index (χ4n) is 2.32. The quantitative estimate of drug-likeness (QED) is 0.727. The fraction of sp³-hybridized carbons (Fsp3) is 0.278. The molecule has 0 aromatic heterocycles. The summed E-state index contributed by atoms with van der Waals surface area (Å²) in [6.45, 7) is 2.87. The minimum Gasteiger partial charge on any atom is -0.351 e. The fourth-order valence-corrected chi connectivity index (χ4v) is 2.80. The topological polar surface area (TPSA) is 41.1 Å². The Bertz CT molecular complexity index is 646. The summed E-state index contributed by atoms with van der Waals surface area (Å²) in [7, 11) is 0. The maximum Gasteiger partial charge on any atom is 0.234 e. The molecule has 122 valence electrons. The Morgan fingerprint density at radius 2 is 1.96 bits per heavy atom. The Morgan fingerprint density at radius 3 is 2.61 bits per heavy atom. The van der Waals surface area contributed by atoms with Crippen LogP contribution in [0.25, 0.3) is 0 Å². The van der Waals surface area contributed by atoms with Crippen LogP contribution in [0.2, 0.25) is 5.02 Å². The van der Waals surface area contributed by atoms with Crippen molar-refractivity contribution in [2.45, 2.75) is 25.9 Å². The highest BCUT2D eigenvalue weighted by Gasteiger charge is 2.10. The first kappa shape index (κ1) is 18.0. The lowest BCUT2D eigenvalue weighted by atomic mass is 10.0. The van der Waals surface area contributed by atoms with E-state index in [2.05, 4.69) is 45.6 Å². The smallest absolute Gasteiger partial charge is 0.234 e. The Balaban J connectivity index is 1.81. The van der Waals surface area contributed by atoms with Gasteiger partial charge in [-0.25, -0.2) is 0 Å². The van der Waals surface area contributed by atoms with Crippen molar-refractivity contribution in [1.82, 2.24) is 10.6 Å². The molecular formula is C18H20BrClN2O. The van der Waals surface area contributed by atoms with Crippen molar-refractivity contribution >= 4 is 33.4 Å². The minimum absolute atomic E-state index is 0.0273. The number of carbonyl (C=O) groups excluding carboxylic acids is 1. The summed E-state index contributed by atoms with van der Waals surface area (Å²) in [5.41, 5.74) is 2.17. The highest BCUT2D eigenvalue weighted by atomic mass is 79.9. The van der Waals surface area contributed by atoms with Crippen molar-refractivity contribution in [3.8, 4) is 0 Å². The zero-order chi connectivity index (χ0) is 16.7. The number of nitrogens with one attached hydrogen (secondary N) is 2. The lowest BCUT2D eigenvalue weighted by Gasteiger charge is -2.17. The van der Waals surface area contributed by atoms with Gasteiger partial charge in [0, 0.05) is 22.1 Å². The largest absolute Gasteiger partial charge is 0.351 e. The van der Waals surface area contributed by atoms with E-state index in [0.29, 0.717) is 11.6 Å². The third-order valence-electron chi connectivity index (χ3n) is 3.57. The predicted octanol–water partition coefficient (Wildman–Crippen LogP) is 4.46.